The van der Waals surface area contributed by atoms with Crippen LogP contribution in [0.25, 0.3) is 44.3 Å². The van der Waals surface area contributed by atoms with E-state index in [1.165, 1.54) is 0 Å². The minimum absolute atomic E-state index is 0.927. The molecule has 0 saturated heterocycles. The van der Waals surface area contributed by atoms with Gasteiger partial charge in [-0.25, -0.2) is 19.9 Å². The fourth-order valence-corrected chi connectivity index (χ4v) is 3.28. The van der Waals surface area contributed by atoms with E-state index in [1.807, 2.05) is 42.5 Å². The van der Waals surface area contributed by atoms with E-state index in [9.17, 15) is 0 Å². The summed E-state index contributed by atoms with van der Waals surface area (Å²) in [6.45, 7) is 0. The predicted octanol–water partition coefficient (Wildman–Crippen LogP) is 4.91. The molecule has 4 heteroatoms. The fraction of sp³-hybridized carbons (Fsp3) is 0. The fourth-order valence-electron chi connectivity index (χ4n) is 3.28. The van der Waals surface area contributed by atoms with Crippen molar-refractivity contribution in [1.29, 1.82) is 0 Å². The average molecular weight is 334 g/mol. The van der Waals surface area contributed by atoms with Crippen molar-refractivity contribution >= 4 is 21.8 Å². The van der Waals surface area contributed by atoms with Crippen molar-refractivity contribution < 1.29 is 0 Å². The van der Waals surface area contributed by atoms with E-state index in [-0.39, 0.29) is 0 Å². The molecule has 0 aliphatic rings. The monoisotopic (exact) mass is 334 g/mol. The van der Waals surface area contributed by atoms with Crippen LogP contribution in [0.1, 0.15) is 0 Å². The molecule has 122 valence electrons. The summed E-state index contributed by atoms with van der Waals surface area (Å²) in [6, 6.07) is 24.4. The van der Waals surface area contributed by atoms with E-state index in [1.54, 1.807) is 12.7 Å². The van der Waals surface area contributed by atoms with Crippen molar-refractivity contribution in [2.45, 2.75) is 0 Å². The third kappa shape index (κ3) is 2.40. The normalized spacial score (nSPS) is 11.1. The summed E-state index contributed by atoms with van der Waals surface area (Å²) in [6.07, 6.45) is 3.23. The topological polar surface area (TPSA) is 51.6 Å². The van der Waals surface area contributed by atoms with Crippen molar-refractivity contribution in [2.75, 3.05) is 0 Å². The summed E-state index contributed by atoms with van der Waals surface area (Å²) < 4.78 is 0. The molecular weight excluding hydrogens is 320 g/mol. The van der Waals surface area contributed by atoms with Gasteiger partial charge in [0.25, 0.3) is 0 Å². The second kappa shape index (κ2) is 6.01. The van der Waals surface area contributed by atoms with Gasteiger partial charge in [0.1, 0.15) is 12.7 Å². The van der Waals surface area contributed by atoms with Gasteiger partial charge in [-0.15, -0.1) is 0 Å². The summed E-state index contributed by atoms with van der Waals surface area (Å²) in [5, 5.41) is 2.08. The van der Waals surface area contributed by atoms with Gasteiger partial charge in [0.05, 0.1) is 22.4 Å². The molecule has 0 unspecified atom stereocenters. The van der Waals surface area contributed by atoms with Crippen LogP contribution in [-0.2, 0) is 0 Å². The van der Waals surface area contributed by atoms with Crippen molar-refractivity contribution in [3.63, 3.8) is 0 Å². The van der Waals surface area contributed by atoms with Crippen LogP contribution in [-0.4, -0.2) is 19.9 Å². The van der Waals surface area contributed by atoms with Gasteiger partial charge < -0.3 is 0 Å². The van der Waals surface area contributed by atoms with Crippen molar-refractivity contribution in [1.82, 2.24) is 19.9 Å². The highest BCUT2D eigenvalue weighted by molar-refractivity contribution is 5.95. The molecule has 5 rings (SSSR count). The lowest BCUT2D eigenvalue weighted by Gasteiger charge is -2.09. The summed E-state index contributed by atoms with van der Waals surface area (Å²) in [4.78, 5) is 17.8. The molecule has 0 aliphatic carbocycles. The number of benzene rings is 3. The molecule has 0 N–H and O–H groups in total. The number of rotatable bonds is 2. The zero-order valence-corrected chi connectivity index (χ0v) is 13.9. The zero-order chi connectivity index (χ0) is 17.3. The largest absolute Gasteiger partial charge is 0.236 e. The first-order chi connectivity index (χ1) is 12.9. The quantitative estimate of drug-likeness (QED) is 0.460. The first-order valence-electron chi connectivity index (χ1n) is 8.40. The van der Waals surface area contributed by atoms with Gasteiger partial charge in [-0.2, -0.15) is 0 Å². The molecule has 0 fully saturated rings. The maximum absolute atomic E-state index is 4.53. The minimum atomic E-state index is 0.927. The minimum Gasteiger partial charge on any atom is -0.236 e. The number of fused-ring (bicyclic) bond motifs is 2. The van der Waals surface area contributed by atoms with E-state index in [2.05, 4.69) is 50.3 Å². The van der Waals surface area contributed by atoms with Crippen LogP contribution < -0.4 is 0 Å². The van der Waals surface area contributed by atoms with Gasteiger partial charge in [0, 0.05) is 21.9 Å². The van der Waals surface area contributed by atoms with E-state index in [4.69, 9.17) is 0 Å². The van der Waals surface area contributed by atoms with Crippen LogP contribution in [0.3, 0.4) is 0 Å². The first kappa shape index (κ1) is 14.7. The molecule has 5 aromatic rings. The molecule has 0 aliphatic heterocycles. The SMILES string of the molecule is c1cc(-c2ncnc3ccccc23)cc(-c2ncnc3ccccc23)c1. The van der Waals surface area contributed by atoms with Crippen LogP contribution in [0.5, 0.6) is 0 Å². The van der Waals surface area contributed by atoms with E-state index < -0.39 is 0 Å². The second-order valence-electron chi connectivity index (χ2n) is 6.06. The lowest BCUT2D eigenvalue weighted by Crippen LogP contribution is -1.91. The molecule has 0 saturated carbocycles. The Morgan fingerprint density at radius 1 is 0.462 bits per heavy atom. The Balaban J connectivity index is 1.72. The van der Waals surface area contributed by atoms with E-state index in [0.29, 0.717) is 0 Å². The molecule has 2 aromatic heterocycles. The maximum Gasteiger partial charge on any atom is 0.116 e. The average Bonchev–Trinajstić information content (AvgIpc) is 2.73. The van der Waals surface area contributed by atoms with Gasteiger partial charge >= 0.3 is 0 Å². The lowest BCUT2D eigenvalue weighted by atomic mass is 10.0. The Bertz CT molecular complexity index is 1140. The lowest BCUT2D eigenvalue weighted by molar-refractivity contribution is 1.22. The van der Waals surface area contributed by atoms with Crippen molar-refractivity contribution in [3.8, 4) is 22.5 Å². The smallest absolute Gasteiger partial charge is 0.116 e. The van der Waals surface area contributed by atoms with Crippen molar-refractivity contribution in [2.24, 2.45) is 0 Å². The van der Waals surface area contributed by atoms with Gasteiger partial charge in [0.15, 0.2) is 0 Å². The Hall–Kier alpha value is -3.66. The molecule has 0 spiro atoms. The molecular formula is C22H14N4. The van der Waals surface area contributed by atoms with Crippen molar-refractivity contribution in [3.05, 3.63) is 85.5 Å². The zero-order valence-electron chi connectivity index (χ0n) is 13.9. The standard InChI is InChI=1S/C22H14N4/c1-3-10-19-17(8-1)21(25-13-23-19)15-6-5-7-16(12-15)22-18-9-2-4-11-20(18)24-14-26-22/h1-14H. The maximum atomic E-state index is 4.53. The number of hydrogen-bond acceptors (Lipinski definition) is 4. The van der Waals surface area contributed by atoms with Crippen LogP contribution in [0.15, 0.2) is 85.5 Å². The Morgan fingerprint density at radius 3 is 1.50 bits per heavy atom. The summed E-state index contributed by atoms with van der Waals surface area (Å²) in [7, 11) is 0. The van der Waals surface area contributed by atoms with Gasteiger partial charge in [-0.05, 0) is 18.2 Å². The highest BCUT2D eigenvalue weighted by Crippen LogP contribution is 2.30. The summed E-state index contributed by atoms with van der Waals surface area (Å²) in [5.74, 6) is 0. The third-order valence-corrected chi connectivity index (χ3v) is 4.50. The van der Waals surface area contributed by atoms with Gasteiger partial charge in [-0.1, -0.05) is 54.6 Å². The van der Waals surface area contributed by atoms with Gasteiger partial charge in [-0.3, -0.25) is 0 Å². The molecule has 4 nitrogen and oxygen atoms in total. The Kier molecular flexibility index (Phi) is 3.39. The first-order valence-corrected chi connectivity index (χ1v) is 8.40. The number of hydrogen-bond donors (Lipinski definition) is 0. The van der Waals surface area contributed by atoms with Crippen LogP contribution in [0, 0.1) is 0 Å². The Labute approximate surface area is 150 Å². The van der Waals surface area contributed by atoms with Crippen LogP contribution in [0.2, 0.25) is 0 Å². The Morgan fingerprint density at radius 2 is 0.962 bits per heavy atom. The van der Waals surface area contributed by atoms with Crippen LogP contribution in [0.4, 0.5) is 0 Å². The number of aromatic nitrogens is 4. The van der Waals surface area contributed by atoms with Gasteiger partial charge in [0.2, 0.25) is 0 Å². The molecule has 0 amide bonds. The predicted molar refractivity (Wildman–Crippen MR) is 104 cm³/mol. The van der Waals surface area contributed by atoms with Crippen LogP contribution >= 0.6 is 0 Å². The second-order valence-corrected chi connectivity index (χ2v) is 6.06. The van der Waals surface area contributed by atoms with E-state index >= 15 is 0 Å². The number of para-hydroxylation sites is 2. The molecule has 0 bridgehead atoms. The van der Waals surface area contributed by atoms with E-state index in [0.717, 1.165) is 44.3 Å². The summed E-state index contributed by atoms with van der Waals surface area (Å²) in [5.41, 5.74) is 5.82. The molecule has 2 heterocycles. The highest BCUT2D eigenvalue weighted by Gasteiger charge is 2.10. The molecule has 0 atom stereocenters. The molecule has 0 radical (unpaired) electrons. The molecule has 3 aromatic carbocycles. The summed E-state index contributed by atoms with van der Waals surface area (Å²) >= 11 is 0. The third-order valence-electron chi connectivity index (χ3n) is 4.50. The number of nitrogens with zero attached hydrogens (tertiary/aromatic N) is 4. The highest BCUT2D eigenvalue weighted by atomic mass is 14.8. The molecule has 26 heavy (non-hydrogen) atoms.